The zero-order valence-corrected chi connectivity index (χ0v) is 21.5. The summed E-state index contributed by atoms with van der Waals surface area (Å²) in [6.07, 6.45) is 2.25. The van der Waals surface area contributed by atoms with E-state index in [1.807, 2.05) is 19.9 Å². The molecule has 0 aliphatic carbocycles. The van der Waals surface area contributed by atoms with E-state index in [0.717, 1.165) is 16.5 Å². The highest BCUT2D eigenvalue weighted by atomic mass is 79.9. The van der Waals surface area contributed by atoms with Crippen molar-refractivity contribution >= 4 is 39.9 Å². The number of ether oxygens (including phenoxy) is 2. The van der Waals surface area contributed by atoms with Crippen LogP contribution in [-0.2, 0) is 4.79 Å². The predicted molar refractivity (Wildman–Crippen MR) is 141 cm³/mol. The number of hydrogen-bond acceptors (Lipinski definition) is 6. The van der Waals surface area contributed by atoms with Crippen molar-refractivity contribution in [3.8, 4) is 11.5 Å². The van der Waals surface area contributed by atoms with Gasteiger partial charge in [0.1, 0.15) is 11.5 Å². The number of aryl methyl sites for hydroxylation is 1. The molecule has 0 atom stereocenters. The van der Waals surface area contributed by atoms with E-state index < -0.39 is 11.9 Å². The zero-order chi connectivity index (χ0) is 25.9. The fraction of sp³-hybridized carbons (Fsp3) is 0.185. The molecule has 3 aromatic rings. The summed E-state index contributed by atoms with van der Waals surface area (Å²) >= 11 is 3.37. The molecule has 0 saturated heterocycles. The van der Waals surface area contributed by atoms with E-state index in [0.29, 0.717) is 29.0 Å². The van der Waals surface area contributed by atoms with Crippen LogP contribution in [0.2, 0.25) is 0 Å². The molecule has 0 spiro atoms. The van der Waals surface area contributed by atoms with Crippen LogP contribution in [0.1, 0.15) is 45.2 Å². The summed E-state index contributed by atoms with van der Waals surface area (Å²) in [5, 5.41) is 6.47. The Morgan fingerprint density at radius 1 is 1.00 bits per heavy atom. The lowest BCUT2D eigenvalue weighted by Gasteiger charge is -2.09. The lowest BCUT2D eigenvalue weighted by atomic mass is 10.1. The third-order valence-electron chi connectivity index (χ3n) is 4.82. The molecule has 0 unspecified atom stereocenters. The van der Waals surface area contributed by atoms with E-state index in [9.17, 15) is 14.4 Å². The number of esters is 1. The lowest BCUT2D eigenvalue weighted by Crippen LogP contribution is -2.34. The highest BCUT2D eigenvalue weighted by Crippen LogP contribution is 2.23. The van der Waals surface area contributed by atoms with Crippen molar-refractivity contribution in [2.45, 2.75) is 20.3 Å². The number of rotatable bonds is 10. The number of halogens is 1. The van der Waals surface area contributed by atoms with Crippen molar-refractivity contribution in [1.29, 1.82) is 0 Å². The van der Waals surface area contributed by atoms with Gasteiger partial charge < -0.3 is 14.8 Å². The maximum Gasteiger partial charge on any atom is 0.343 e. The van der Waals surface area contributed by atoms with Crippen LogP contribution < -0.4 is 20.2 Å². The first kappa shape index (κ1) is 26.6. The fourth-order valence-electron chi connectivity index (χ4n) is 3.04. The predicted octanol–water partition coefficient (Wildman–Crippen LogP) is 4.65. The largest absolute Gasteiger partial charge is 0.494 e. The van der Waals surface area contributed by atoms with Gasteiger partial charge in [0.2, 0.25) is 0 Å². The molecule has 3 rings (SSSR count). The van der Waals surface area contributed by atoms with Crippen LogP contribution in [0, 0.1) is 6.92 Å². The number of hydrogen-bond donors (Lipinski definition) is 2. The van der Waals surface area contributed by atoms with Crippen LogP contribution in [0.15, 0.2) is 76.3 Å². The Morgan fingerprint density at radius 2 is 1.78 bits per heavy atom. The van der Waals surface area contributed by atoms with Crippen molar-refractivity contribution < 1.29 is 23.9 Å². The minimum Gasteiger partial charge on any atom is -0.494 e. The van der Waals surface area contributed by atoms with Gasteiger partial charge in [0.05, 0.1) is 24.9 Å². The van der Waals surface area contributed by atoms with Crippen molar-refractivity contribution in [3.63, 3.8) is 0 Å². The van der Waals surface area contributed by atoms with Crippen molar-refractivity contribution in [2.75, 3.05) is 13.2 Å². The van der Waals surface area contributed by atoms with E-state index in [1.54, 1.807) is 60.7 Å². The zero-order valence-electron chi connectivity index (χ0n) is 19.9. The summed E-state index contributed by atoms with van der Waals surface area (Å²) in [6, 6.07) is 18.8. The first-order chi connectivity index (χ1) is 17.4. The summed E-state index contributed by atoms with van der Waals surface area (Å²) in [5.74, 6) is -0.469. The smallest absolute Gasteiger partial charge is 0.343 e. The van der Waals surface area contributed by atoms with Gasteiger partial charge in [-0.2, -0.15) is 5.10 Å². The molecule has 2 amide bonds. The van der Waals surface area contributed by atoms with Crippen molar-refractivity contribution in [2.24, 2.45) is 5.10 Å². The van der Waals surface area contributed by atoms with Crippen molar-refractivity contribution in [3.05, 3.63) is 93.5 Å². The van der Waals surface area contributed by atoms with E-state index in [1.165, 1.54) is 6.21 Å². The molecule has 0 bridgehead atoms. The highest BCUT2D eigenvalue weighted by Gasteiger charge is 2.12. The minimum absolute atomic E-state index is 0.248. The van der Waals surface area contributed by atoms with Gasteiger partial charge in [0.25, 0.3) is 11.8 Å². The molecule has 0 fully saturated rings. The number of carbonyl (C=O) groups is 3. The van der Waals surface area contributed by atoms with E-state index in [4.69, 9.17) is 9.47 Å². The van der Waals surface area contributed by atoms with E-state index in [2.05, 4.69) is 31.8 Å². The molecule has 0 aliphatic heterocycles. The fourth-order valence-corrected chi connectivity index (χ4v) is 3.42. The van der Waals surface area contributed by atoms with Gasteiger partial charge in [-0.3, -0.25) is 9.59 Å². The van der Waals surface area contributed by atoms with Crippen LogP contribution in [0.25, 0.3) is 0 Å². The Hall–Kier alpha value is -3.98. The topological polar surface area (TPSA) is 106 Å². The van der Waals surface area contributed by atoms with Gasteiger partial charge in [0.15, 0.2) is 0 Å². The Balaban J connectivity index is 1.58. The lowest BCUT2D eigenvalue weighted by molar-refractivity contribution is -0.120. The molecule has 0 heterocycles. The number of benzene rings is 3. The van der Waals surface area contributed by atoms with Crippen LogP contribution in [0.4, 0.5) is 0 Å². The first-order valence-corrected chi connectivity index (χ1v) is 12.1. The summed E-state index contributed by atoms with van der Waals surface area (Å²) in [7, 11) is 0. The molecule has 0 aliphatic rings. The van der Waals surface area contributed by atoms with E-state index >= 15 is 0 Å². The Labute approximate surface area is 217 Å². The minimum atomic E-state index is -0.545. The molecule has 36 heavy (non-hydrogen) atoms. The molecule has 0 radical (unpaired) electrons. The van der Waals surface area contributed by atoms with Gasteiger partial charge in [-0.1, -0.05) is 40.5 Å². The summed E-state index contributed by atoms with van der Waals surface area (Å²) < 4.78 is 11.8. The Morgan fingerprint density at radius 3 is 2.50 bits per heavy atom. The summed E-state index contributed by atoms with van der Waals surface area (Å²) in [5.41, 5.74) is 4.59. The highest BCUT2D eigenvalue weighted by molar-refractivity contribution is 9.10. The Kier molecular flexibility index (Phi) is 9.76. The maximum absolute atomic E-state index is 12.6. The Bertz CT molecular complexity index is 1260. The number of nitrogens with zero attached hydrogens (tertiary/aromatic N) is 1. The van der Waals surface area contributed by atoms with Crippen molar-refractivity contribution in [1.82, 2.24) is 10.7 Å². The second-order valence-electron chi connectivity index (χ2n) is 7.79. The number of carbonyl (C=O) groups excluding carboxylic acids is 3. The maximum atomic E-state index is 12.6. The van der Waals surface area contributed by atoms with Gasteiger partial charge in [-0.15, -0.1) is 0 Å². The normalized spacial score (nSPS) is 10.6. The number of hydrazone groups is 1. The molecular weight excluding hydrogens is 526 g/mol. The third kappa shape index (κ3) is 8.06. The van der Waals surface area contributed by atoms with Crippen LogP contribution in [0.3, 0.4) is 0 Å². The number of amides is 2. The molecule has 9 heteroatoms. The SMILES string of the molecule is CCCOc1ccc(C(=O)Oc2ccc(Br)cc2C=NNC(=O)CNC(=O)c2cccc(C)c2)cc1. The third-order valence-corrected chi connectivity index (χ3v) is 5.31. The molecular formula is C27H26BrN3O5. The van der Waals surface area contributed by atoms with Crippen LogP contribution in [0.5, 0.6) is 11.5 Å². The van der Waals surface area contributed by atoms with E-state index in [-0.39, 0.29) is 18.2 Å². The van der Waals surface area contributed by atoms with Gasteiger partial charge >= 0.3 is 5.97 Å². The van der Waals surface area contributed by atoms with Crippen LogP contribution in [-0.4, -0.2) is 37.1 Å². The molecule has 186 valence electrons. The second kappa shape index (κ2) is 13.2. The average molecular weight is 552 g/mol. The van der Waals surface area contributed by atoms with Gasteiger partial charge in [0, 0.05) is 15.6 Å². The summed E-state index contributed by atoms with van der Waals surface area (Å²) in [4.78, 5) is 36.9. The van der Waals surface area contributed by atoms with Gasteiger partial charge in [-0.25, -0.2) is 10.2 Å². The molecule has 8 nitrogen and oxygen atoms in total. The second-order valence-corrected chi connectivity index (χ2v) is 8.71. The average Bonchev–Trinajstić information content (AvgIpc) is 2.87. The standard InChI is InChI=1S/C27H26BrN3O5/c1-3-13-35-23-10-7-19(8-11-23)27(34)36-24-12-9-22(28)15-21(24)16-30-31-25(32)17-29-26(33)20-6-4-5-18(2)14-20/h4-12,14-16H,3,13,17H2,1-2H3,(H,29,33)(H,31,32). The first-order valence-electron chi connectivity index (χ1n) is 11.3. The van der Waals surface area contributed by atoms with Gasteiger partial charge in [-0.05, 0) is 67.9 Å². The van der Waals surface area contributed by atoms with Crippen LogP contribution >= 0.6 is 15.9 Å². The molecule has 0 aromatic heterocycles. The quantitative estimate of drug-likeness (QED) is 0.165. The number of nitrogens with one attached hydrogen (secondary N) is 2. The monoisotopic (exact) mass is 551 g/mol. The molecule has 3 aromatic carbocycles. The molecule has 0 saturated carbocycles. The summed E-state index contributed by atoms with van der Waals surface area (Å²) in [6.45, 7) is 4.25. The molecule has 2 N–H and O–H groups in total.